The first-order valence-electron chi connectivity index (χ1n) is 5.32. The molecule has 5 heteroatoms. The van der Waals surface area contributed by atoms with E-state index >= 15 is 0 Å². The highest BCUT2D eigenvalue weighted by Gasteiger charge is 2.13. The van der Waals surface area contributed by atoms with Crippen molar-refractivity contribution in [2.75, 3.05) is 13.6 Å². The minimum atomic E-state index is -0.304. The third-order valence-electron chi connectivity index (χ3n) is 2.29. The van der Waals surface area contributed by atoms with Crippen LogP contribution in [0.4, 0.5) is 0 Å². The Morgan fingerprint density at radius 3 is 2.69 bits per heavy atom. The van der Waals surface area contributed by atoms with Crippen molar-refractivity contribution in [1.82, 2.24) is 15.1 Å². The highest BCUT2D eigenvalue weighted by atomic mass is 16.2. The molecule has 5 nitrogen and oxygen atoms in total. The van der Waals surface area contributed by atoms with Crippen LogP contribution in [-0.2, 0) is 0 Å². The summed E-state index contributed by atoms with van der Waals surface area (Å²) in [5.74, 6) is 0.385. The predicted octanol–water partition coefficient (Wildman–Crippen LogP) is 0.888. The van der Waals surface area contributed by atoms with Crippen molar-refractivity contribution in [2.24, 2.45) is 5.92 Å². The first-order valence-corrected chi connectivity index (χ1v) is 5.32. The van der Waals surface area contributed by atoms with Crippen LogP contribution >= 0.6 is 0 Å². The number of carbonyl (C=O) groups excluding carboxylic acids is 1. The first-order chi connectivity index (χ1) is 7.50. The van der Waals surface area contributed by atoms with E-state index in [0.717, 1.165) is 6.42 Å². The van der Waals surface area contributed by atoms with Gasteiger partial charge in [-0.3, -0.25) is 9.59 Å². The van der Waals surface area contributed by atoms with Gasteiger partial charge >= 0.3 is 0 Å². The highest BCUT2D eigenvalue weighted by Crippen LogP contribution is 2.03. The Hall–Kier alpha value is -1.65. The molecule has 1 heterocycles. The van der Waals surface area contributed by atoms with E-state index in [1.54, 1.807) is 11.9 Å². The molecule has 0 bridgehead atoms. The van der Waals surface area contributed by atoms with Gasteiger partial charge in [0.25, 0.3) is 11.5 Å². The quantitative estimate of drug-likeness (QED) is 0.824. The van der Waals surface area contributed by atoms with Gasteiger partial charge in [0.05, 0.1) is 0 Å². The topological polar surface area (TPSA) is 66.1 Å². The molecule has 0 aliphatic heterocycles. The molecular weight excluding hydrogens is 206 g/mol. The van der Waals surface area contributed by atoms with Crippen LogP contribution in [0.5, 0.6) is 0 Å². The van der Waals surface area contributed by atoms with Crippen molar-refractivity contribution in [3.8, 4) is 0 Å². The summed E-state index contributed by atoms with van der Waals surface area (Å²) in [6.07, 6.45) is 0.950. The Bertz CT molecular complexity index is 391. The zero-order chi connectivity index (χ0) is 12.1. The highest BCUT2D eigenvalue weighted by molar-refractivity contribution is 5.91. The number of aromatic nitrogens is 2. The van der Waals surface area contributed by atoms with Gasteiger partial charge in [0.2, 0.25) is 0 Å². The maximum absolute atomic E-state index is 11.8. The number of nitrogens with one attached hydrogen (secondary N) is 1. The van der Waals surface area contributed by atoms with Crippen LogP contribution in [0.1, 0.15) is 30.8 Å². The van der Waals surface area contributed by atoms with Gasteiger partial charge in [-0.2, -0.15) is 5.10 Å². The van der Waals surface area contributed by atoms with Crippen LogP contribution in [0.15, 0.2) is 16.9 Å². The number of amides is 1. The summed E-state index contributed by atoms with van der Waals surface area (Å²) in [5, 5.41) is 5.95. The number of H-pyrrole nitrogens is 1. The van der Waals surface area contributed by atoms with Crippen molar-refractivity contribution in [1.29, 1.82) is 0 Å². The Kier molecular flexibility index (Phi) is 4.22. The molecule has 0 aliphatic carbocycles. The summed E-state index contributed by atoms with van der Waals surface area (Å²) < 4.78 is 0. The first kappa shape index (κ1) is 12.4. The van der Waals surface area contributed by atoms with E-state index in [4.69, 9.17) is 0 Å². The number of carbonyl (C=O) groups is 1. The molecule has 1 amide bonds. The summed E-state index contributed by atoms with van der Waals surface area (Å²) in [6, 6.07) is 2.74. The van der Waals surface area contributed by atoms with E-state index in [-0.39, 0.29) is 17.2 Å². The molecule has 1 rings (SSSR count). The molecule has 88 valence electrons. The second-order valence-corrected chi connectivity index (χ2v) is 4.22. The Labute approximate surface area is 94.5 Å². The molecule has 16 heavy (non-hydrogen) atoms. The average molecular weight is 223 g/mol. The number of rotatable bonds is 4. The van der Waals surface area contributed by atoms with Gasteiger partial charge in [0.15, 0.2) is 0 Å². The molecule has 0 atom stereocenters. The Balaban J connectivity index is 2.63. The average Bonchev–Trinajstić information content (AvgIpc) is 2.26. The lowest BCUT2D eigenvalue weighted by molar-refractivity contribution is 0.0782. The number of hydrogen-bond donors (Lipinski definition) is 1. The second kappa shape index (κ2) is 5.44. The van der Waals surface area contributed by atoms with E-state index in [2.05, 4.69) is 24.0 Å². The van der Waals surface area contributed by atoms with E-state index in [9.17, 15) is 9.59 Å². The molecular formula is C11H17N3O2. The summed E-state index contributed by atoms with van der Waals surface area (Å²) in [7, 11) is 1.73. The molecule has 0 saturated heterocycles. The van der Waals surface area contributed by atoms with Gasteiger partial charge in [0.1, 0.15) is 5.69 Å². The molecule has 1 aromatic rings. The van der Waals surface area contributed by atoms with Crippen molar-refractivity contribution in [3.63, 3.8) is 0 Å². The fourth-order valence-electron chi connectivity index (χ4n) is 1.21. The standard InChI is InChI=1S/C11H17N3O2/c1-8(2)6-7-14(3)11(16)9-4-5-10(15)13-12-9/h4-5,8H,6-7H2,1-3H3,(H,13,15). The van der Waals surface area contributed by atoms with Crippen LogP contribution in [0.25, 0.3) is 0 Å². The van der Waals surface area contributed by atoms with E-state index in [1.807, 2.05) is 0 Å². The number of nitrogens with zero attached hydrogens (tertiary/aromatic N) is 2. The zero-order valence-corrected chi connectivity index (χ0v) is 9.86. The van der Waals surface area contributed by atoms with Crippen LogP contribution in [0.3, 0.4) is 0 Å². The minimum Gasteiger partial charge on any atom is -0.340 e. The van der Waals surface area contributed by atoms with Gasteiger partial charge in [-0.15, -0.1) is 0 Å². The van der Waals surface area contributed by atoms with Crippen molar-refractivity contribution >= 4 is 5.91 Å². The fraction of sp³-hybridized carbons (Fsp3) is 0.545. The van der Waals surface area contributed by atoms with Crippen molar-refractivity contribution in [2.45, 2.75) is 20.3 Å². The van der Waals surface area contributed by atoms with Gasteiger partial charge in [-0.25, -0.2) is 5.10 Å². The third-order valence-corrected chi connectivity index (χ3v) is 2.29. The number of aromatic amines is 1. The third kappa shape index (κ3) is 3.49. The SMILES string of the molecule is CC(C)CCN(C)C(=O)c1ccc(=O)[nH]n1. The predicted molar refractivity (Wildman–Crippen MR) is 61.3 cm³/mol. The van der Waals surface area contributed by atoms with E-state index < -0.39 is 0 Å². The maximum Gasteiger partial charge on any atom is 0.274 e. The summed E-state index contributed by atoms with van der Waals surface area (Å²) in [4.78, 5) is 24.2. The lowest BCUT2D eigenvalue weighted by Gasteiger charge is -2.17. The lowest BCUT2D eigenvalue weighted by atomic mass is 10.1. The van der Waals surface area contributed by atoms with E-state index in [0.29, 0.717) is 12.5 Å². The van der Waals surface area contributed by atoms with Gasteiger partial charge < -0.3 is 4.90 Å². The second-order valence-electron chi connectivity index (χ2n) is 4.22. The Morgan fingerprint density at radius 1 is 1.50 bits per heavy atom. The smallest absolute Gasteiger partial charge is 0.274 e. The molecule has 0 unspecified atom stereocenters. The van der Waals surface area contributed by atoms with Gasteiger partial charge in [-0.1, -0.05) is 13.8 Å². The minimum absolute atomic E-state index is 0.170. The fourth-order valence-corrected chi connectivity index (χ4v) is 1.21. The van der Waals surface area contributed by atoms with Crippen LogP contribution in [0.2, 0.25) is 0 Å². The molecule has 0 fully saturated rings. The summed E-state index contributed by atoms with van der Waals surface area (Å²) in [5.41, 5.74) is -0.0350. The maximum atomic E-state index is 11.8. The van der Waals surface area contributed by atoms with E-state index in [1.165, 1.54) is 12.1 Å². The molecule has 0 spiro atoms. The summed E-state index contributed by atoms with van der Waals surface area (Å²) >= 11 is 0. The largest absolute Gasteiger partial charge is 0.340 e. The van der Waals surface area contributed by atoms with Crippen LogP contribution in [0, 0.1) is 5.92 Å². The van der Waals surface area contributed by atoms with Crippen LogP contribution < -0.4 is 5.56 Å². The monoisotopic (exact) mass is 223 g/mol. The molecule has 1 aromatic heterocycles. The van der Waals surface area contributed by atoms with Crippen molar-refractivity contribution in [3.05, 3.63) is 28.2 Å². The van der Waals surface area contributed by atoms with Gasteiger partial charge in [0, 0.05) is 19.7 Å². The molecule has 0 aliphatic rings. The normalized spacial score (nSPS) is 10.5. The molecule has 0 radical (unpaired) electrons. The Morgan fingerprint density at radius 2 is 2.19 bits per heavy atom. The van der Waals surface area contributed by atoms with Crippen LogP contribution in [-0.4, -0.2) is 34.6 Å². The molecule has 1 N–H and O–H groups in total. The zero-order valence-electron chi connectivity index (χ0n) is 9.86. The number of hydrogen-bond acceptors (Lipinski definition) is 3. The summed E-state index contributed by atoms with van der Waals surface area (Å²) in [6.45, 7) is 4.91. The van der Waals surface area contributed by atoms with Crippen molar-refractivity contribution < 1.29 is 4.79 Å². The molecule has 0 aromatic carbocycles. The lowest BCUT2D eigenvalue weighted by Crippen LogP contribution is -2.30. The van der Waals surface area contributed by atoms with Gasteiger partial charge in [-0.05, 0) is 18.4 Å². The molecule has 0 saturated carbocycles.